The second kappa shape index (κ2) is 9.70. The number of amides is 2. The Morgan fingerprint density at radius 2 is 1.68 bits per heavy atom. The van der Waals surface area contributed by atoms with Gasteiger partial charge < -0.3 is 5.32 Å². The van der Waals surface area contributed by atoms with Crippen LogP contribution in [0.3, 0.4) is 0 Å². The van der Waals surface area contributed by atoms with Crippen LogP contribution in [0.25, 0.3) is 0 Å². The first-order chi connectivity index (χ1) is 12.0. The van der Waals surface area contributed by atoms with Crippen molar-refractivity contribution in [2.45, 2.75) is 0 Å². The van der Waals surface area contributed by atoms with Crippen LogP contribution in [0.1, 0.15) is 11.1 Å². The van der Waals surface area contributed by atoms with Gasteiger partial charge in [0.05, 0.1) is 22.1 Å². The summed E-state index contributed by atoms with van der Waals surface area (Å²) in [4.78, 5) is 23.4. The summed E-state index contributed by atoms with van der Waals surface area (Å²) in [5.41, 5.74) is 4.89. The fourth-order valence-corrected chi connectivity index (χ4v) is 2.47. The van der Waals surface area contributed by atoms with Crippen molar-refractivity contribution in [3.63, 3.8) is 0 Å². The maximum Gasteiger partial charge on any atom is 0.250 e. The molecule has 0 aliphatic carbocycles. The zero-order chi connectivity index (χ0) is 18.2. The molecule has 0 bridgehead atoms. The van der Waals surface area contributed by atoms with E-state index in [4.69, 9.17) is 11.6 Å². The van der Waals surface area contributed by atoms with Gasteiger partial charge in [0.2, 0.25) is 5.91 Å². The van der Waals surface area contributed by atoms with E-state index in [1.807, 2.05) is 30.3 Å². The highest BCUT2D eigenvalue weighted by molar-refractivity contribution is 9.09. The van der Waals surface area contributed by atoms with Crippen LogP contribution in [0.2, 0.25) is 5.02 Å². The number of alkyl halides is 2. The normalized spacial score (nSPS) is 11.1. The Morgan fingerprint density at radius 1 is 1.00 bits per heavy atom. The van der Waals surface area contributed by atoms with Crippen molar-refractivity contribution < 1.29 is 9.59 Å². The smallest absolute Gasteiger partial charge is 0.250 e. The van der Waals surface area contributed by atoms with Crippen LogP contribution in [0, 0.1) is 0 Å². The Hall–Kier alpha value is -1.70. The van der Waals surface area contributed by atoms with Crippen LogP contribution in [-0.4, -0.2) is 28.2 Å². The first-order valence-electron chi connectivity index (χ1n) is 7.18. The van der Waals surface area contributed by atoms with Gasteiger partial charge in [0.25, 0.3) is 5.91 Å². The third-order valence-corrected chi connectivity index (χ3v) is 4.35. The monoisotopic (exact) mass is 485 g/mol. The average Bonchev–Trinajstić information content (AvgIpc) is 2.64. The molecule has 0 radical (unpaired) electrons. The van der Waals surface area contributed by atoms with Crippen molar-refractivity contribution in [3.05, 3.63) is 64.7 Å². The summed E-state index contributed by atoms with van der Waals surface area (Å²) in [6.45, 7) is 0. The Labute approximate surface area is 167 Å². The number of halogens is 3. The summed E-state index contributed by atoms with van der Waals surface area (Å²) in [7, 11) is 0. The number of anilines is 1. The molecule has 0 unspecified atom stereocenters. The van der Waals surface area contributed by atoms with Gasteiger partial charge in [-0.1, -0.05) is 73.8 Å². The van der Waals surface area contributed by atoms with Crippen LogP contribution < -0.4 is 10.7 Å². The zero-order valence-electron chi connectivity index (χ0n) is 12.9. The molecule has 0 fully saturated rings. The molecule has 0 saturated carbocycles. The van der Waals surface area contributed by atoms with E-state index in [0.29, 0.717) is 22.0 Å². The van der Waals surface area contributed by atoms with E-state index in [1.54, 1.807) is 18.2 Å². The average molecular weight is 488 g/mol. The first-order valence-corrected chi connectivity index (χ1v) is 9.81. The van der Waals surface area contributed by atoms with Crippen LogP contribution in [-0.2, 0) is 9.59 Å². The van der Waals surface area contributed by atoms with Gasteiger partial charge in [0, 0.05) is 16.1 Å². The molecule has 2 amide bonds. The lowest BCUT2D eigenvalue weighted by Gasteiger charge is -2.14. The van der Waals surface area contributed by atoms with E-state index in [2.05, 4.69) is 47.7 Å². The number of carbonyl (C=O) groups excluding carboxylic acids is 2. The number of benzene rings is 2. The summed E-state index contributed by atoms with van der Waals surface area (Å²) in [6.07, 6.45) is 0. The third kappa shape index (κ3) is 5.66. The number of hydrazone groups is 1. The maximum atomic E-state index is 11.8. The largest absolute Gasteiger partial charge is 0.325 e. The minimum absolute atomic E-state index is 0.126. The topological polar surface area (TPSA) is 70.6 Å². The Bertz CT molecular complexity index is 798. The Kier molecular flexibility index (Phi) is 7.61. The van der Waals surface area contributed by atoms with Gasteiger partial charge in [-0.15, -0.1) is 0 Å². The molecule has 0 spiro atoms. The van der Waals surface area contributed by atoms with Crippen LogP contribution in [0.15, 0.2) is 53.6 Å². The van der Waals surface area contributed by atoms with Crippen molar-refractivity contribution >= 4 is 66.7 Å². The molecular formula is C17H14Br2ClN3O2. The molecule has 0 aromatic heterocycles. The van der Waals surface area contributed by atoms with Gasteiger partial charge in [-0.05, 0) is 18.2 Å². The van der Waals surface area contributed by atoms with E-state index in [9.17, 15) is 9.59 Å². The summed E-state index contributed by atoms with van der Waals surface area (Å²) < 4.78 is 0. The molecule has 0 saturated heterocycles. The molecule has 8 heteroatoms. The number of hydrogen-bond acceptors (Lipinski definition) is 3. The highest BCUT2D eigenvalue weighted by Gasteiger charge is 2.15. The number of rotatable bonds is 6. The van der Waals surface area contributed by atoms with Crippen LogP contribution in [0.4, 0.5) is 5.69 Å². The van der Waals surface area contributed by atoms with Crippen molar-refractivity contribution in [3.8, 4) is 0 Å². The Morgan fingerprint density at radius 3 is 2.32 bits per heavy atom. The second-order valence-corrected chi connectivity index (χ2v) is 6.42. The molecule has 25 heavy (non-hydrogen) atoms. The first kappa shape index (κ1) is 19.6. The number of hydrogen-bond donors (Lipinski definition) is 2. The predicted molar refractivity (Wildman–Crippen MR) is 108 cm³/mol. The van der Waals surface area contributed by atoms with Gasteiger partial charge >= 0.3 is 0 Å². The SMILES string of the molecule is O=C(CBr)NN=C(c1ccccc1)c1cc(Cl)ccc1NC(=O)CBr. The molecule has 0 aliphatic rings. The van der Waals surface area contributed by atoms with Crippen molar-refractivity contribution in [2.75, 3.05) is 16.0 Å². The summed E-state index contributed by atoms with van der Waals surface area (Å²) >= 11 is 12.3. The summed E-state index contributed by atoms with van der Waals surface area (Å²) in [5.74, 6) is -0.498. The van der Waals surface area contributed by atoms with Crippen LogP contribution in [0.5, 0.6) is 0 Å². The van der Waals surface area contributed by atoms with E-state index >= 15 is 0 Å². The minimum Gasteiger partial charge on any atom is -0.325 e. The fraction of sp³-hybridized carbons (Fsp3) is 0.118. The molecule has 0 aliphatic heterocycles. The van der Waals surface area contributed by atoms with Crippen LogP contribution >= 0.6 is 43.5 Å². The standard InChI is InChI=1S/C17H14Br2ClN3O2/c18-9-15(24)21-14-7-6-12(20)8-13(14)17(23-22-16(25)10-19)11-4-2-1-3-5-11/h1-8H,9-10H2,(H,21,24)(H,22,25). The van der Waals surface area contributed by atoms with Gasteiger partial charge in [-0.3, -0.25) is 9.59 Å². The van der Waals surface area contributed by atoms with E-state index < -0.39 is 0 Å². The third-order valence-electron chi connectivity index (χ3n) is 3.09. The maximum absolute atomic E-state index is 11.8. The van der Waals surface area contributed by atoms with Gasteiger partial charge in [-0.2, -0.15) is 5.10 Å². The van der Waals surface area contributed by atoms with E-state index in [-0.39, 0.29) is 22.5 Å². The fourth-order valence-electron chi connectivity index (χ4n) is 2.03. The van der Waals surface area contributed by atoms with Gasteiger partial charge in [0.15, 0.2) is 0 Å². The van der Waals surface area contributed by atoms with Crippen molar-refractivity contribution in [1.29, 1.82) is 0 Å². The molecular weight excluding hydrogens is 473 g/mol. The van der Waals surface area contributed by atoms with Gasteiger partial charge in [-0.25, -0.2) is 5.43 Å². The molecule has 5 nitrogen and oxygen atoms in total. The molecule has 2 aromatic rings. The van der Waals surface area contributed by atoms with E-state index in [1.165, 1.54) is 0 Å². The lowest BCUT2D eigenvalue weighted by Crippen LogP contribution is -2.22. The van der Waals surface area contributed by atoms with E-state index in [0.717, 1.165) is 5.56 Å². The van der Waals surface area contributed by atoms with Crippen molar-refractivity contribution in [2.24, 2.45) is 5.10 Å². The van der Waals surface area contributed by atoms with Gasteiger partial charge in [0.1, 0.15) is 0 Å². The highest BCUT2D eigenvalue weighted by Crippen LogP contribution is 2.24. The zero-order valence-corrected chi connectivity index (χ0v) is 16.9. The number of nitrogens with one attached hydrogen (secondary N) is 2. The molecule has 0 heterocycles. The molecule has 2 aromatic carbocycles. The molecule has 130 valence electrons. The summed E-state index contributed by atoms with van der Waals surface area (Å²) in [6, 6.07) is 14.4. The quantitative estimate of drug-likeness (QED) is 0.368. The minimum atomic E-state index is -0.290. The van der Waals surface area contributed by atoms with Crippen molar-refractivity contribution in [1.82, 2.24) is 5.43 Å². The summed E-state index contributed by atoms with van der Waals surface area (Å²) in [5, 5.41) is 7.80. The lowest BCUT2D eigenvalue weighted by atomic mass is 10.0. The molecule has 0 atom stereocenters. The lowest BCUT2D eigenvalue weighted by molar-refractivity contribution is -0.118. The second-order valence-electron chi connectivity index (χ2n) is 4.87. The highest BCUT2D eigenvalue weighted by atomic mass is 79.9. The predicted octanol–water partition coefficient (Wildman–Crippen LogP) is 3.94. The molecule has 2 N–H and O–H groups in total. The number of carbonyl (C=O) groups is 2. The molecule has 2 rings (SSSR count). The Balaban J connectivity index is 2.55. The number of nitrogens with zero attached hydrogens (tertiary/aromatic N) is 1.